The number of nitro groups is 1. The summed E-state index contributed by atoms with van der Waals surface area (Å²) in [7, 11) is 1.46. The summed E-state index contributed by atoms with van der Waals surface area (Å²) >= 11 is 1.04. The molecular formula is C17H16FN3O4S. The van der Waals surface area contributed by atoms with Gasteiger partial charge in [-0.3, -0.25) is 19.7 Å². The first kappa shape index (κ1) is 19.4. The number of hydrogen-bond donors (Lipinski definition) is 1. The fraction of sp³-hybridized carbons (Fsp3) is 0.176. The van der Waals surface area contributed by atoms with Crippen LogP contribution in [0.25, 0.3) is 0 Å². The monoisotopic (exact) mass is 377 g/mol. The number of halogens is 1. The van der Waals surface area contributed by atoms with E-state index in [1.54, 1.807) is 18.2 Å². The van der Waals surface area contributed by atoms with Gasteiger partial charge in [-0.2, -0.15) is 0 Å². The van der Waals surface area contributed by atoms with Crippen molar-refractivity contribution in [3.63, 3.8) is 0 Å². The minimum atomic E-state index is -0.507. The van der Waals surface area contributed by atoms with Gasteiger partial charge in [0.05, 0.1) is 22.1 Å². The van der Waals surface area contributed by atoms with Crippen LogP contribution < -0.4 is 5.32 Å². The molecule has 0 saturated carbocycles. The highest BCUT2D eigenvalue weighted by Gasteiger charge is 2.17. The molecule has 0 bridgehead atoms. The van der Waals surface area contributed by atoms with Crippen molar-refractivity contribution >= 4 is 35.0 Å². The van der Waals surface area contributed by atoms with E-state index < -0.39 is 16.6 Å². The van der Waals surface area contributed by atoms with Gasteiger partial charge < -0.3 is 10.2 Å². The molecule has 0 atom stereocenters. The summed E-state index contributed by atoms with van der Waals surface area (Å²) in [5.74, 6) is -1.22. The van der Waals surface area contributed by atoms with Gasteiger partial charge in [0, 0.05) is 18.8 Å². The molecule has 0 aromatic heterocycles. The minimum absolute atomic E-state index is 0.0365. The highest BCUT2D eigenvalue weighted by atomic mass is 32.2. The van der Waals surface area contributed by atoms with Crippen LogP contribution in [0, 0.1) is 15.9 Å². The molecule has 2 amide bonds. The zero-order valence-electron chi connectivity index (χ0n) is 13.8. The lowest BCUT2D eigenvalue weighted by Gasteiger charge is -2.16. The molecular weight excluding hydrogens is 361 g/mol. The summed E-state index contributed by atoms with van der Waals surface area (Å²) in [5, 5.41) is 13.5. The summed E-state index contributed by atoms with van der Waals surface area (Å²) in [6, 6.07) is 11.4. The largest absolute Gasteiger partial charge is 0.336 e. The molecule has 9 heteroatoms. The topological polar surface area (TPSA) is 92.6 Å². The molecule has 0 fully saturated rings. The third kappa shape index (κ3) is 5.55. The van der Waals surface area contributed by atoms with Crippen LogP contribution in [0.1, 0.15) is 0 Å². The number of nitrogens with one attached hydrogen (secondary N) is 1. The van der Waals surface area contributed by atoms with Crippen LogP contribution in [0.15, 0.2) is 53.4 Å². The van der Waals surface area contributed by atoms with E-state index in [1.165, 1.54) is 42.3 Å². The minimum Gasteiger partial charge on any atom is -0.336 e. The second-order valence-corrected chi connectivity index (χ2v) is 6.34. The molecule has 2 aromatic carbocycles. The van der Waals surface area contributed by atoms with Crippen LogP contribution in [-0.4, -0.2) is 41.0 Å². The molecule has 2 aromatic rings. The second kappa shape index (κ2) is 8.95. The van der Waals surface area contributed by atoms with E-state index >= 15 is 0 Å². The van der Waals surface area contributed by atoms with Crippen molar-refractivity contribution in [3.8, 4) is 0 Å². The lowest BCUT2D eigenvalue weighted by Crippen LogP contribution is -2.35. The van der Waals surface area contributed by atoms with Gasteiger partial charge in [-0.05, 0) is 30.3 Å². The Kier molecular flexibility index (Phi) is 6.67. The van der Waals surface area contributed by atoms with Crippen LogP contribution in [-0.2, 0) is 9.59 Å². The Hall–Kier alpha value is -2.94. The van der Waals surface area contributed by atoms with Gasteiger partial charge in [-0.1, -0.05) is 12.1 Å². The molecule has 0 aliphatic carbocycles. The highest BCUT2D eigenvalue weighted by Crippen LogP contribution is 2.28. The van der Waals surface area contributed by atoms with Gasteiger partial charge in [-0.25, -0.2) is 4.39 Å². The Morgan fingerprint density at radius 2 is 1.85 bits per heavy atom. The first-order chi connectivity index (χ1) is 12.4. The Morgan fingerprint density at radius 1 is 1.19 bits per heavy atom. The number of anilines is 1. The maximum atomic E-state index is 12.8. The lowest BCUT2D eigenvalue weighted by atomic mass is 10.3. The Bertz CT molecular complexity index is 814. The van der Waals surface area contributed by atoms with Gasteiger partial charge in [0.1, 0.15) is 5.82 Å². The Morgan fingerprint density at radius 3 is 2.50 bits per heavy atom. The third-order valence-corrected chi connectivity index (χ3v) is 4.40. The van der Waals surface area contributed by atoms with Crippen LogP contribution in [0.5, 0.6) is 0 Å². The van der Waals surface area contributed by atoms with Crippen molar-refractivity contribution in [3.05, 3.63) is 64.5 Å². The van der Waals surface area contributed by atoms with E-state index in [2.05, 4.69) is 5.32 Å². The number of carbonyl (C=O) groups excluding carboxylic acids is 2. The number of nitro benzene ring substituents is 1. The number of amides is 2. The predicted octanol–water partition coefficient (Wildman–Crippen LogP) is 2.92. The number of likely N-dealkylation sites (N-methyl/N-ethyl adjacent to an activating group) is 1. The predicted molar refractivity (Wildman–Crippen MR) is 96.5 cm³/mol. The van der Waals surface area contributed by atoms with Crippen molar-refractivity contribution in [1.29, 1.82) is 0 Å². The molecule has 0 heterocycles. The fourth-order valence-corrected chi connectivity index (χ4v) is 2.98. The van der Waals surface area contributed by atoms with Crippen molar-refractivity contribution < 1.29 is 18.9 Å². The molecule has 0 spiro atoms. The van der Waals surface area contributed by atoms with E-state index in [0.717, 1.165) is 11.8 Å². The number of hydrogen-bond acceptors (Lipinski definition) is 5. The molecule has 0 unspecified atom stereocenters. The van der Waals surface area contributed by atoms with Crippen molar-refractivity contribution in [2.75, 3.05) is 24.7 Å². The summed E-state index contributed by atoms with van der Waals surface area (Å²) < 4.78 is 12.8. The summed E-state index contributed by atoms with van der Waals surface area (Å²) in [6.07, 6.45) is 0. The van der Waals surface area contributed by atoms with Crippen molar-refractivity contribution in [2.24, 2.45) is 0 Å². The maximum absolute atomic E-state index is 12.8. The zero-order valence-corrected chi connectivity index (χ0v) is 14.7. The number of rotatable bonds is 7. The smallest absolute Gasteiger partial charge is 0.282 e. The number of benzene rings is 2. The van der Waals surface area contributed by atoms with Crippen LogP contribution in [0.2, 0.25) is 0 Å². The number of para-hydroxylation sites is 1. The standard InChI is InChI=1S/C17H16FN3O4S/c1-20(10-16(22)19-13-8-6-12(18)7-9-13)17(23)11-26-15-5-3-2-4-14(15)21(24)25/h2-9H,10-11H2,1H3,(H,19,22). The number of carbonyl (C=O) groups is 2. The fourth-order valence-electron chi connectivity index (χ4n) is 2.02. The summed E-state index contributed by atoms with van der Waals surface area (Å²) in [4.78, 5) is 36.1. The van der Waals surface area contributed by atoms with E-state index in [0.29, 0.717) is 10.6 Å². The van der Waals surface area contributed by atoms with Gasteiger partial charge in [-0.15, -0.1) is 11.8 Å². The molecule has 2 rings (SSSR count). The van der Waals surface area contributed by atoms with Crippen LogP contribution in [0.3, 0.4) is 0 Å². The van der Waals surface area contributed by atoms with Gasteiger partial charge in [0.25, 0.3) is 5.69 Å². The van der Waals surface area contributed by atoms with E-state index in [9.17, 15) is 24.1 Å². The van der Waals surface area contributed by atoms with Crippen molar-refractivity contribution in [2.45, 2.75) is 4.90 Å². The van der Waals surface area contributed by atoms with Crippen molar-refractivity contribution in [1.82, 2.24) is 4.90 Å². The molecule has 0 saturated heterocycles. The Balaban J connectivity index is 1.86. The Labute approximate surface area is 153 Å². The van der Waals surface area contributed by atoms with E-state index in [1.807, 2.05) is 0 Å². The molecule has 0 aliphatic heterocycles. The van der Waals surface area contributed by atoms with Gasteiger partial charge in [0.2, 0.25) is 11.8 Å². The first-order valence-electron chi connectivity index (χ1n) is 7.52. The van der Waals surface area contributed by atoms with E-state index in [4.69, 9.17) is 0 Å². The lowest BCUT2D eigenvalue weighted by molar-refractivity contribution is -0.387. The van der Waals surface area contributed by atoms with Crippen LogP contribution >= 0.6 is 11.8 Å². The van der Waals surface area contributed by atoms with E-state index in [-0.39, 0.29) is 23.9 Å². The zero-order chi connectivity index (χ0) is 19.1. The normalized spacial score (nSPS) is 10.2. The maximum Gasteiger partial charge on any atom is 0.282 e. The molecule has 7 nitrogen and oxygen atoms in total. The number of thioether (sulfide) groups is 1. The molecule has 0 aliphatic rings. The van der Waals surface area contributed by atoms with Gasteiger partial charge in [0.15, 0.2) is 0 Å². The second-order valence-electron chi connectivity index (χ2n) is 5.32. The summed E-state index contributed by atoms with van der Waals surface area (Å²) in [5.41, 5.74) is 0.355. The van der Waals surface area contributed by atoms with Crippen LogP contribution in [0.4, 0.5) is 15.8 Å². The highest BCUT2D eigenvalue weighted by molar-refractivity contribution is 8.00. The average molecular weight is 377 g/mol. The molecule has 136 valence electrons. The number of nitrogens with zero attached hydrogens (tertiary/aromatic N) is 2. The third-order valence-electron chi connectivity index (χ3n) is 3.35. The van der Waals surface area contributed by atoms with Gasteiger partial charge >= 0.3 is 0 Å². The first-order valence-corrected chi connectivity index (χ1v) is 8.51. The molecule has 26 heavy (non-hydrogen) atoms. The average Bonchev–Trinajstić information content (AvgIpc) is 2.61. The SMILES string of the molecule is CN(CC(=O)Nc1ccc(F)cc1)C(=O)CSc1ccccc1[N+](=O)[O-]. The molecule has 0 radical (unpaired) electrons. The molecule has 1 N–H and O–H groups in total. The quantitative estimate of drug-likeness (QED) is 0.455. The summed E-state index contributed by atoms with van der Waals surface area (Å²) in [6.45, 7) is -0.187.